The van der Waals surface area contributed by atoms with Crippen molar-refractivity contribution in [1.29, 1.82) is 0 Å². The Hall–Kier alpha value is -2.21. The zero-order chi connectivity index (χ0) is 19.5. The Kier molecular flexibility index (Phi) is 5.76. The maximum absolute atomic E-state index is 14.3. The summed E-state index contributed by atoms with van der Waals surface area (Å²) < 4.78 is 18.6. The highest BCUT2D eigenvalue weighted by atomic mass is 32.2. The molecular weight excluding hydrogens is 373 g/mol. The van der Waals surface area contributed by atoms with Gasteiger partial charge in [0.25, 0.3) is 0 Å². The van der Waals surface area contributed by atoms with E-state index in [2.05, 4.69) is 9.38 Å². The molecular formula is C22H24FN3OS. The van der Waals surface area contributed by atoms with Gasteiger partial charge >= 0.3 is 0 Å². The first kappa shape index (κ1) is 19.1. The quantitative estimate of drug-likeness (QED) is 0.548. The van der Waals surface area contributed by atoms with Gasteiger partial charge < -0.3 is 4.90 Å². The molecule has 2 heterocycles. The van der Waals surface area contributed by atoms with Crippen molar-refractivity contribution in [3.63, 3.8) is 0 Å². The first-order valence-corrected chi connectivity index (χ1v) is 10.9. The number of carbonyl (C=O) groups excluding carboxylic acids is 1. The van der Waals surface area contributed by atoms with Crippen LogP contribution in [0.5, 0.6) is 0 Å². The Morgan fingerprint density at radius 3 is 3.00 bits per heavy atom. The topological polar surface area (TPSA) is 45.6 Å². The Balaban J connectivity index is 1.50. The Bertz CT molecular complexity index is 888. The molecule has 4 nitrogen and oxygen atoms in total. The molecule has 146 valence electrons. The van der Waals surface area contributed by atoms with Crippen molar-refractivity contribution in [2.45, 2.75) is 25.2 Å². The monoisotopic (exact) mass is 397 g/mol. The van der Waals surface area contributed by atoms with Crippen LogP contribution in [0.1, 0.15) is 30.7 Å². The van der Waals surface area contributed by atoms with Gasteiger partial charge in [-0.15, -0.1) is 0 Å². The molecule has 6 heteroatoms. The van der Waals surface area contributed by atoms with Crippen molar-refractivity contribution >= 4 is 24.1 Å². The van der Waals surface area contributed by atoms with Crippen molar-refractivity contribution in [3.8, 4) is 11.3 Å². The fourth-order valence-corrected chi connectivity index (χ4v) is 4.44. The van der Waals surface area contributed by atoms with E-state index in [-0.39, 0.29) is 23.6 Å². The highest BCUT2D eigenvalue weighted by molar-refractivity contribution is 7.97. The van der Waals surface area contributed by atoms with E-state index in [0.717, 1.165) is 43.5 Å². The van der Waals surface area contributed by atoms with Gasteiger partial charge in [0.15, 0.2) is 0 Å². The SMILES string of the molecule is CSN=CC1CCCN(C(=O)C2CC2c2ccccc2-c2ncccc2F)C1. The maximum Gasteiger partial charge on any atom is 0.226 e. The van der Waals surface area contributed by atoms with E-state index in [1.807, 2.05) is 41.6 Å². The molecule has 1 aromatic heterocycles. The van der Waals surface area contributed by atoms with E-state index in [0.29, 0.717) is 11.6 Å². The van der Waals surface area contributed by atoms with Gasteiger partial charge in [-0.2, -0.15) is 0 Å². The summed E-state index contributed by atoms with van der Waals surface area (Å²) >= 11 is 1.45. The first-order valence-electron chi connectivity index (χ1n) is 9.74. The summed E-state index contributed by atoms with van der Waals surface area (Å²) in [5.74, 6) is 0.376. The van der Waals surface area contributed by atoms with Gasteiger partial charge in [-0.05, 0) is 54.8 Å². The van der Waals surface area contributed by atoms with E-state index in [9.17, 15) is 9.18 Å². The predicted octanol–water partition coefficient (Wildman–Crippen LogP) is 4.58. The minimum atomic E-state index is -0.328. The standard InChI is InChI=1S/C22H24FN3OS/c1-28-25-13-15-6-5-11-26(14-15)22(27)19-12-18(19)16-7-2-3-8-17(16)21-20(23)9-4-10-24-21/h2-4,7-10,13,15,18-19H,5-6,11-12,14H2,1H3. The van der Waals surface area contributed by atoms with E-state index >= 15 is 0 Å². The molecule has 1 saturated heterocycles. The fraction of sp³-hybridized carbons (Fsp3) is 0.409. The van der Waals surface area contributed by atoms with Crippen LogP contribution in [0.15, 0.2) is 47.0 Å². The molecule has 0 radical (unpaired) electrons. The summed E-state index contributed by atoms with van der Waals surface area (Å²) in [5, 5.41) is 0. The van der Waals surface area contributed by atoms with Crippen molar-refractivity contribution < 1.29 is 9.18 Å². The van der Waals surface area contributed by atoms with Crippen LogP contribution in [0.25, 0.3) is 11.3 Å². The molecule has 1 saturated carbocycles. The van der Waals surface area contributed by atoms with E-state index < -0.39 is 0 Å². The van der Waals surface area contributed by atoms with E-state index in [1.165, 1.54) is 18.0 Å². The van der Waals surface area contributed by atoms with Crippen molar-refractivity contribution in [1.82, 2.24) is 9.88 Å². The average molecular weight is 398 g/mol. The summed E-state index contributed by atoms with van der Waals surface area (Å²) in [7, 11) is 0. The van der Waals surface area contributed by atoms with Crippen LogP contribution < -0.4 is 0 Å². The minimum Gasteiger partial charge on any atom is -0.342 e. The lowest BCUT2D eigenvalue weighted by molar-refractivity contribution is -0.134. The smallest absolute Gasteiger partial charge is 0.226 e. The van der Waals surface area contributed by atoms with E-state index in [1.54, 1.807) is 12.3 Å². The molecule has 4 rings (SSSR count). The van der Waals surface area contributed by atoms with Crippen molar-refractivity contribution in [2.24, 2.45) is 16.2 Å². The third-order valence-corrected chi connectivity index (χ3v) is 5.96. The number of benzene rings is 1. The Morgan fingerprint density at radius 2 is 2.18 bits per heavy atom. The Labute approximate surface area is 169 Å². The summed E-state index contributed by atoms with van der Waals surface area (Å²) in [6, 6.07) is 10.8. The highest BCUT2D eigenvalue weighted by Gasteiger charge is 2.47. The third-order valence-electron chi connectivity index (χ3n) is 5.63. The number of halogens is 1. The van der Waals surface area contributed by atoms with Gasteiger partial charge in [0.1, 0.15) is 11.5 Å². The number of likely N-dealkylation sites (tertiary alicyclic amines) is 1. The minimum absolute atomic E-state index is 0.0100. The molecule has 2 aromatic rings. The lowest BCUT2D eigenvalue weighted by Gasteiger charge is -2.31. The lowest BCUT2D eigenvalue weighted by atomic mass is 9.97. The zero-order valence-corrected chi connectivity index (χ0v) is 16.7. The average Bonchev–Trinajstić information content (AvgIpc) is 3.53. The van der Waals surface area contributed by atoms with Crippen molar-refractivity contribution in [2.75, 3.05) is 19.3 Å². The molecule has 0 N–H and O–H groups in total. The van der Waals surface area contributed by atoms with Gasteiger partial charge in [-0.25, -0.2) is 8.79 Å². The number of aromatic nitrogens is 1. The molecule has 2 fully saturated rings. The molecule has 0 bridgehead atoms. The summed E-state index contributed by atoms with van der Waals surface area (Å²) in [5.41, 5.74) is 2.18. The maximum atomic E-state index is 14.3. The van der Waals surface area contributed by atoms with Crippen molar-refractivity contribution in [3.05, 3.63) is 54.0 Å². The molecule has 28 heavy (non-hydrogen) atoms. The number of amides is 1. The lowest BCUT2D eigenvalue weighted by Crippen LogP contribution is -2.41. The number of carbonyl (C=O) groups is 1. The molecule has 3 unspecified atom stereocenters. The summed E-state index contributed by atoms with van der Waals surface area (Å²) in [4.78, 5) is 19.3. The number of piperidine rings is 1. The second kappa shape index (κ2) is 8.43. The first-order chi connectivity index (χ1) is 13.7. The molecule has 1 aromatic carbocycles. The number of pyridine rings is 1. The van der Waals surface area contributed by atoms with Gasteiger partial charge in [0.05, 0.1) is 0 Å². The van der Waals surface area contributed by atoms with Crippen LogP contribution in [0, 0.1) is 17.7 Å². The number of nitrogens with zero attached hydrogens (tertiary/aromatic N) is 3. The summed E-state index contributed by atoms with van der Waals surface area (Å²) in [6.07, 6.45) is 8.46. The normalized spacial score (nSPS) is 24.5. The van der Waals surface area contributed by atoms with Gasteiger partial charge in [-0.3, -0.25) is 9.78 Å². The van der Waals surface area contributed by atoms with Crippen LogP contribution >= 0.6 is 11.9 Å². The van der Waals surface area contributed by atoms with Gasteiger partial charge in [0.2, 0.25) is 5.91 Å². The second-order valence-electron chi connectivity index (χ2n) is 7.49. The number of hydrogen-bond donors (Lipinski definition) is 0. The van der Waals surface area contributed by atoms with Crippen LogP contribution in [0.4, 0.5) is 4.39 Å². The molecule has 1 aliphatic heterocycles. The van der Waals surface area contributed by atoms with Gasteiger partial charge in [-0.1, -0.05) is 24.3 Å². The highest BCUT2D eigenvalue weighted by Crippen LogP contribution is 2.51. The van der Waals surface area contributed by atoms with Crippen LogP contribution in [-0.2, 0) is 4.79 Å². The van der Waals surface area contributed by atoms with E-state index in [4.69, 9.17) is 0 Å². The van der Waals surface area contributed by atoms with Crippen LogP contribution in [0.2, 0.25) is 0 Å². The summed E-state index contributed by atoms with van der Waals surface area (Å²) in [6.45, 7) is 1.57. The Morgan fingerprint density at radius 1 is 1.32 bits per heavy atom. The zero-order valence-electron chi connectivity index (χ0n) is 15.9. The third kappa shape index (κ3) is 3.97. The molecule has 1 amide bonds. The van der Waals surface area contributed by atoms with Crippen LogP contribution in [0.3, 0.4) is 0 Å². The number of rotatable bonds is 5. The molecule has 0 spiro atoms. The largest absolute Gasteiger partial charge is 0.342 e. The molecule has 2 aliphatic rings. The number of hydrogen-bond acceptors (Lipinski definition) is 4. The predicted molar refractivity (Wildman–Crippen MR) is 112 cm³/mol. The fourth-order valence-electron chi connectivity index (χ4n) is 4.14. The van der Waals surface area contributed by atoms with Crippen LogP contribution in [-0.4, -0.2) is 41.4 Å². The molecule has 3 atom stereocenters. The second-order valence-corrected chi connectivity index (χ2v) is 8.07. The molecule has 1 aliphatic carbocycles. The van der Waals surface area contributed by atoms with Gasteiger partial charge in [0, 0.05) is 49.2 Å².